The van der Waals surface area contributed by atoms with Gasteiger partial charge in [0.15, 0.2) is 23.1 Å². The first kappa shape index (κ1) is 11.1. The molecule has 0 fully saturated rings. The van der Waals surface area contributed by atoms with E-state index in [1.807, 2.05) is 0 Å². The van der Waals surface area contributed by atoms with Crippen LogP contribution in [0.25, 0.3) is 6.08 Å². The molecule has 0 bridgehead atoms. The number of aromatic hydroxyl groups is 1. The average Bonchev–Trinajstić information content (AvgIpc) is 2.61. The van der Waals surface area contributed by atoms with Gasteiger partial charge < -0.3 is 9.84 Å². The van der Waals surface area contributed by atoms with Crippen molar-refractivity contribution in [3.63, 3.8) is 0 Å². The molecule has 4 heteroatoms. The Labute approximate surface area is 97.8 Å². The molecule has 1 aliphatic rings. The number of carbonyl (C=O) groups is 2. The number of rotatable bonds is 2. The number of allylic oxidation sites excluding steroid dienone is 3. The van der Waals surface area contributed by atoms with Gasteiger partial charge in [0.05, 0.1) is 12.7 Å². The van der Waals surface area contributed by atoms with Crippen molar-refractivity contribution >= 4 is 17.6 Å². The van der Waals surface area contributed by atoms with E-state index in [0.29, 0.717) is 11.3 Å². The fraction of sp³-hybridized carbons (Fsp3) is 0.0769. The molecule has 1 N–H and O–H groups in total. The lowest BCUT2D eigenvalue weighted by molar-refractivity contribution is -0.115. The molecule has 0 saturated carbocycles. The molecule has 0 amide bonds. The predicted octanol–water partition coefficient (Wildman–Crippen LogP) is 1.49. The van der Waals surface area contributed by atoms with Crippen molar-refractivity contribution in [2.45, 2.75) is 0 Å². The van der Waals surface area contributed by atoms with Gasteiger partial charge in [0.1, 0.15) is 0 Å². The zero-order chi connectivity index (χ0) is 12.4. The van der Waals surface area contributed by atoms with Crippen LogP contribution in [-0.4, -0.2) is 23.8 Å². The lowest BCUT2D eigenvalue weighted by atomic mass is 10.1. The van der Waals surface area contributed by atoms with Gasteiger partial charge >= 0.3 is 0 Å². The maximum Gasteiger partial charge on any atom is 0.189 e. The normalized spacial score (nSPS) is 14.3. The SMILES string of the molecule is COc1ccc(C=C2C(=O)C=CC2=O)cc1O. The molecule has 0 aromatic heterocycles. The molecule has 86 valence electrons. The number of ether oxygens (including phenoxy) is 1. The minimum absolute atomic E-state index is 0.0345. The van der Waals surface area contributed by atoms with Gasteiger partial charge in [-0.2, -0.15) is 0 Å². The summed E-state index contributed by atoms with van der Waals surface area (Å²) < 4.78 is 4.90. The van der Waals surface area contributed by atoms with Crippen LogP contribution in [0.4, 0.5) is 0 Å². The summed E-state index contributed by atoms with van der Waals surface area (Å²) in [5.41, 5.74) is 0.679. The molecule has 0 unspecified atom stereocenters. The minimum atomic E-state index is -0.315. The number of benzene rings is 1. The predicted molar refractivity (Wildman–Crippen MR) is 61.8 cm³/mol. The van der Waals surface area contributed by atoms with E-state index >= 15 is 0 Å². The van der Waals surface area contributed by atoms with Gasteiger partial charge in [0.2, 0.25) is 0 Å². The van der Waals surface area contributed by atoms with Crippen molar-refractivity contribution in [1.82, 2.24) is 0 Å². The van der Waals surface area contributed by atoms with Crippen molar-refractivity contribution in [3.05, 3.63) is 41.5 Å². The van der Waals surface area contributed by atoms with Crippen LogP contribution in [0.1, 0.15) is 5.56 Å². The second kappa shape index (κ2) is 4.25. The van der Waals surface area contributed by atoms with Crippen LogP contribution in [0.3, 0.4) is 0 Å². The average molecular weight is 230 g/mol. The van der Waals surface area contributed by atoms with Gasteiger partial charge in [-0.3, -0.25) is 9.59 Å². The molecule has 0 spiro atoms. The van der Waals surface area contributed by atoms with E-state index in [2.05, 4.69) is 0 Å². The number of phenols is 1. The molecule has 0 radical (unpaired) electrons. The standard InChI is InChI=1S/C13H10O4/c1-17-13-5-2-8(7-12(13)16)6-9-10(14)3-4-11(9)15/h2-7,16H,1H3. The van der Waals surface area contributed by atoms with Gasteiger partial charge in [-0.1, -0.05) is 6.07 Å². The summed E-state index contributed by atoms with van der Waals surface area (Å²) >= 11 is 0. The Bertz CT molecular complexity index is 533. The zero-order valence-corrected chi connectivity index (χ0v) is 9.14. The maximum absolute atomic E-state index is 11.3. The molecule has 0 saturated heterocycles. The first-order valence-electron chi connectivity index (χ1n) is 4.97. The van der Waals surface area contributed by atoms with Crippen LogP contribution in [0.15, 0.2) is 35.9 Å². The Morgan fingerprint density at radius 2 is 1.82 bits per heavy atom. The molecular weight excluding hydrogens is 220 g/mol. The molecule has 4 nitrogen and oxygen atoms in total. The Morgan fingerprint density at radius 1 is 1.18 bits per heavy atom. The summed E-state index contributed by atoms with van der Waals surface area (Å²) in [4.78, 5) is 22.7. The lowest BCUT2D eigenvalue weighted by Gasteiger charge is -2.03. The van der Waals surface area contributed by atoms with E-state index in [4.69, 9.17) is 4.74 Å². The second-order valence-corrected chi connectivity index (χ2v) is 3.55. The third kappa shape index (κ3) is 2.10. The highest BCUT2D eigenvalue weighted by Gasteiger charge is 2.19. The highest BCUT2D eigenvalue weighted by molar-refractivity contribution is 6.35. The van der Waals surface area contributed by atoms with E-state index in [0.717, 1.165) is 0 Å². The number of carbonyl (C=O) groups excluding carboxylic acids is 2. The van der Waals surface area contributed by atoms with Crippen molar-refractivity contribution < 1.29 is 19.4 Å². The van der Waals surface area contributed by atoms with Gasteiger partial charge in [-0.05, 0) is 35.9 Å². The third-order valence-corrected chi connectivity index (χ3v) is 2.43. The zero-order valence-electron chi connectivity index (χ0n) is 9.14. The van der Waals surface area contributed by atoms with Crippen LogP contribution in [-0.2, 0) is 9.59 Å². The first-order valence-corrected chi connectivity index (χ1v) is 4.97. The largest absolute Gasteiger partial charge is 0.504 e. The summed E-state index contributed by atoms with van der Waals surface area (Å²) in [6.45, 7) is 0. The van der Waals surface area contributed by atoms with E-state index in [1.54, 1.807) is 12.1 Å². The van der Waals surface area contributed by atoms with E-state index in [-0.39, 0.29) is 22.9 Å². The van der Waals surface area contributed by atoms with Gasteiger partial charge in [-0.25, -0.2) is 0 Å². The summed E-state index contributed by atoms with van der Waals surface area (Å²) in [7, 11) is 1.45. The molecule has 1 aromatic carbocycles. The highest BCUT2D eigenvalue weighted by atomic mass is 16.5. The maximum atomic E-state index is 11.3. The molecule has 0 atom stereocenters. The molecule has 0 heterocycles. The van der Waals surface area contributed by atoms with Gasteiger partial charge in [-0.15, -0.1) is 0 Å². The number of methoxy groups -OCH3 is 1. The molecule has 1 aromatic rings. The summed E-state index contributed by atoms with van der Waals surface area (Å²) in [6.07, 6.45) is 3.92. The quantitative estimate of drug-likeness (QED) is 0.617. The molecule has 1 aliphatic carbocycles. The fourth-order valence-electron chi connectivity index (χ4n) is 1.56. The summed E-state index contributed by atoms with van der Waals surface area (Å²) in [6, 6.07) is 4.66. The Kier molecular flexibility index (Phi) is 2.78. The number of phenolic OH excluding ortho intramolecular Hbond substituents is 1. The van der Waals surface area contributed by atoms with E-state index in [9.17, 15) is 14.7 Å². The highest BCUT2D eigenvalue weighted by Crippen LogP contribution is 2.27. The van der Waals surface area contributed by atoms with Crippen molar-refractivity contribution in [2.24, 2.45) is 0 Å². The minimum Gasteiger partial charge on any atom is -0.504 e. The Morgan fingerprint density at radius 3 is 2.35 bits per heavy atom. The number of hydrogen-bond acceptors (Lipinski definition) is 4. The lowest BCUT2D eigenvalue weighted by Crippen LogP contribution is -2.00. The topological polar surface area (TPSA) is 63.6 Å². The van der Waals surface area contributed by atoms with Crippen LogP contribution in [0.5, 0.6) is 11.5 Å². The summed E-state index contributed by atoms with van der Waals surface area (Å²) in [5.74, 6) is -0.322. The van der Waals surface area contributed by atoms with Crippen LogP contribution in [0.2, 0.25) is 0 Å². The number of hydrogen-bond donors (Lipinski definition) is 1. The summed E-state index contributed by atoms with van der Waals surface area (Å²) in [5, 5.41) is 9.56. The molecule has 17 heavy (non-hydrogen) atoms. The monoisotopic (exact) mass is 230 g/mol. The second-order valence-electron chi connectivity index (χ2n) is 3.55. The number of ketones is 2. The van der Waals surface area contributed by atoms with Crippen molar-refractivity contribution in [3.8, 4) is 11.5 Å². The van der Waals surface area contributed by atoms with Crippen molar-refractivity contribution in [2.75, 3.05) is 7.11 Å². The smallest absolute Gasteiger partial charge is 0.189 e. The molecule has 0 aliphatic heterocycles. The Hall–Kier alpha value is -2.36. The van der Waals surface area contributed by atoms with Crippen LogP contribution < -0.4 is 4.74 Å². The first-order chi connectivity index (χ1) is 8.11. The van der Waals surface area contributed by atoms with Gasteiger partial charge in [0, 0.05) is 0 Å². The fourth-order valence-corrected chi connectivity index (χ4v) is 1.56. The molecular formula is C13H10O4. The van der Waals surface area contributed by atoms with Gasteiger partial charge in [0.25, 0.3) is 0 Å². The van der Waals surface area contributed by atoms with Crippen LogP contribution >= 0.6 is 0 Å². The van der Waals surface area contributed by atoms with E-state index in [1.165, 1.54) is 31.4 Å². The molecule has 2 rings (SSSR count). The Balaban J connectivity index is 2.37. The van der Waals surface area contributed by atoms with Crippen molar-refractivity contribution in [1.29, 1.82) is 0 Å². The van der Waals surface area contributed by atoms with E-state index < -0.39 is 0 Å². The van der Waals surface area contributed by atoms with Crippen LogP contribution in [0, 0.1) is 0 Å². The third-order valence-electron chi connectivity index (χ3n) is 2.43.